The molecule has 178 valence electrons. The Morgan fingerprint density at radius 1 is 0.742 bits per heavy atom. The zero-order valence-electron chi connectivity index (χ0n) is 17.8. The molecule has 0 aliphatic heterocycles. The lowest BCUT2D eigenvalue weighted by molar-refractivity contribution is -0.138. The highest BCUT2D eigenvalue weighted by Gasteiger charge is 1.97. The quantitative estimate of drug-likeness (QED) is 0.185. The van der Waals surface area contributed by atoms with E-state index in [1.165, 1.54) is 0 Å². The summed E-state index contributed by atoms with van der Waals surface area (Å²) in [5.74, 6) is 0.0327. The van der Waals surface area contributed by atoms with Crippen LogP contribution in [-0.4, -0.2) is 101 Å². The lowest BCUT2D eigenvalue weighted by Crippen LogP contribution is -2.14. The first-order chi connectivity index (χ1) is 15.3. The maximum absolute atomic E-state index is 10.3. The number of hydrogen-bond donors (Lipinski definition) is 1. The Kier molecular flexibility index (Phi) is 20.2. The van der Waals surface area contributed by atoms with Gasteiger partial charge in [0.2, 0.25) is 0 Å². The summed E-state index contributed by atoms with van der Waals surface area (Å²) in [6, 6.07) is 5.87. The second kappa shape index (κ2) is 22.3. The molecule has 1 aromatic heterocycles. The molecule has 0 saturated heterocycles. The number of hydrogen-bond acceptors (Lipinski definition) is 10. The smallest absolute Gasteiger partial charge is 0.305 e. The van der Waals surface area contributed by atoms with E-state index >= 15 is 0 Å². The van der Waals surface area contributed by atoms with Gasteiger partial charge in [-0.2, -0.15) is 0 Å². The largest absolute Gasteiger partial charge is 0.481 e. The molecule has 0 aromatic carbocycles. The van der Waals surface area contributed by atoms with E-state index in [1.54, 1.807) is 27.8 Å². The number of carboxylic acid groups (broad SMARTS) is 1. The molecule has 0 amide bonds. The standard InChI is InChI=1S/C20H33NO8S2/c22-20(23)4-6-24-7-8-25-9-10-26-11-12-27-13-14-28-15-16-29-17-18-30-31-19-3-1-2-5-21-19/h1-3,5H,4,6-18H2,(H,22,23). The lowest BCUT2D eigenvalue weighted by atomic mass is 10.5. The first-order valence-electron chi connectivity index (χ1n) is 10.2. The van der Waals surface area contributed by atoms with Crippen LogP contribution >= 0.6 is 21.6 Å². The molecule has 1 heterocycles. The number of ether oxygens (including phenoxy) is 6. The third kappa shape index (κ3) is 20.7. The van der Waals surface area contributed by atoms with E-state index in [4.69, 9.17) is 33.5 Å². The van der Waals surface area contributed by atoms with E-state index in [1.807, 2.05) is 18.2 Å². The summed E-state index contributed by atoms with van der Waals surface area (Å²) in [6.07, 6.45) is 1.80. The van der Waals surface area contributed by atoms with Gasteiger partial charge in [-0.25, -0.2) is 4.98 Å². The Labute approximate surface area is 191 Å². The summed E-state index contributed by atoms with van der Waals surface area (Å²) in [5, 5.41) is 9.45. The van der Waals surface area contributed by atoms with Crippen molar-refractivity contribution in [1.82, 2.24) is 4.98 Å². The van der Waals surface area contributed by atoms with Gasteiger partial charge in [0.25, 0.3) is 0 Å². The zero-order valence-corrected chi connectivity index (χ0v) is 19.4. The minimum atomic E-state index is -0.866. The molecule has 0 aliphatic carbocycles. The van der Waals surface area contributed by atoms with Crippen LogP contribution in [0.25, 0.3) is 0 Å². The highest BCUT2D eigenvalue weighted by molar-refractivity contribution is 8.76. The Balaban J connectivity index is 1.66. The average Bonchev–Trinajstić information content (AvgIpc) is 2.77. The average molecular weight is 480 g/mol. The van der Waals surface area contributed by atoms with Gasteiger partial charge in [-0.3, -0.25) is 4.79 Å². The molecule has 0 atom stereocenters. The minimum absolute atomic E-state index is 0.00823. The van der Waals surface area contributed by atoms with Crippen molar-refractivity contribution in [2.75, 3.05) is 85.0 Å². The summed E-state index contributed by atoms with van der Waals surface area (Å²) >= 11 is 0. The molecular weight excluding hydrogens is 446 g/mol. The van der Waals surface area contributed by atoms with Crippen molar-refractivity contribution in [3.05, 3.63) is 24.4 Å². The van der Waals surface area contributed by atoms with Gasteiger partial charge in [-0.1, -0.05) is 16.9 Å². The molecule has 0 aliphatic rings. The van der Waals surface area contributed by atoms with Gasteiger partial charge in [0.05, 0.1) is 85.7 Å². The highest BCUT2D eigenvalue weighted by atomic mass is 33.1. The third-order valence-electron chi connectivity index (χ3n) is 3.41. The molecule has 1 rings (SSSR count). The monoisotopic (exact) mass is 479 g/mol. The first kappa shape index (κ1) is 28.1. The Morgan fingerprint density at radius 2 is 1.23 bits per heavy atom. The van der Waals surface area contributed by atoms with Crippen molar-refractivity contribution >= 4 is 27.6 Å². The number of pyridine rings is 1. The normalized spacial score (nSPS) is 11.1. The Morgan fingerprint density at radius 3 is 1.68 bits per heavy atom. The first-order valence-corrected chi connectivity index (χ1v) is 12.5. The van der Waals surface area contributed by atoms with Crippen LogP contribution in [0.2, 0.25) is 0 Å². The van der Waals surface area contributed by atoms with E-state index in [2.05, 4.69) is 4.98 Å². The fourth-order valence-corrected chi connectivity index (χ4v) is 3.69. The van der Waals surface area contributed by atoms with Gasteiger partial charge in [0.15, 0.2) is 0 Å². The maximum atomic E-state index is 10.3. The summed E-state index contributed by atoms with van der Waals surface area (Å²) in [5.41, 5.74) is 0. The summed E-state index contributed by atoms with van der Waals surface area (Å²) in [6.45, 7) is 5.80. The van der Waals surface area contributed by atoms with Crippen molar-refractivity contribution in [2.45, 2.75) is 11.4 Å². The molecule has 0 bridgehead atoms. The molecule has 0 radical (unpaired) electrons. The van der Waals surface area contributed by atoms with Gasteiger partial charge < -0.3 is 33.5 Å². The van der Waals surface area contributed by atoms with Crippen molar-refractivity contribution in [3.8, 4) is 0 Å². The van der Waals surface area contributed by atoms with Crippen LogP contribution < -0.4 is 0 Å². The van der Waals surface area contributed by atoms with Gasteiger partial charge in [0, 0.05) is 11.9 Å². The fraction of sp³-hybridized carbons (Fsp3) is 0.700. The molecular formula is C20H33NO8S2. The lowest BCUT2D eigenvalue weighted by Gasteiger charge is -2.08. The molecule has 11 heteroatoms. The summed E-state index contributed by atoms with van der Waals surface area (Å²) in [4.78, 5) is 14.5. The Hall–Kier alpha value is -0.920. The van der Waals surface area contributed by atoms with Crippen LogP contribution in [0.3, 0.4) is 0 Å². The number of carboxylic acids is 1. The number of carbonyl (C=O) groups is 1. The molecule has 1 aromatic rings. The van der Waals surface area contributed by atoms with E-state index in [0.29, 0.717) is 72.7 Å². The Bertz CT molecular complexity index is 527. The van der Waals surface area contributed by atoms with Crippen molar-refractivity contribution in [1.29, 1.82) is 0 Å². The van der Waals surface area contributed by atoms with Crippen LogP contribution in [0, 0.1) is 0 Å². The van der Waals surface area contributed by atoms with Crippen LogP contribution in [0.1, 0.15) is 6.42 Å². The maximum Gasteiger partial charge on any atom is 0.305 e. The predicted molar refractivity (Wildman–Crippen MR) is 120 cm³/mol. The van der Waals surface area contributed by atoms with Crippen molar-refractivity contribution < 1.29 is 38.3 Å². The van der Waals surface area contributed by atoms with Gasteiger partial charge in [-0.15, -0.1) is 0 Å². The fourth-order valence-electron chi connectivity index (χ4n) is 1.95. The van der Waals surface area contributed by atoms with Gasteiger partial charge >= 0.3 is 5.97 Å². The van der Waals surface area contributed by atoms with Gasteiger partial charge in [-0.05, 0) is 22.9 Å². The second-order valence-electron chi connectivity index (χ2n) is 5.89. The van der Waals surface area contributed by atoms with Crippen LogP contribution in [0.5, 0.6) is 0 Å². The van der Waals surface area contributed by atoms with E-state index < -0.39 is 5.97 Å². The highest BCUT2D eigenvalue weighted by Crippen LogP contribution is 2.28. The molecule has 1 N–H and O–H groups in total. The zero-order chi connectivity index (χ0) is 22.2. The van der Waals surface area contributed by atoms with E-state index in [9.17, 15) is 4.79 Å². The molecule has 9 nitrogen and oxygen atoms in total. The molecule has 0 fully saturated rings. The second-order valence-corrected chi connectivity index (χ2v) is 8.33. The minimum Gasteiger partial charge on any atom is -0.481 e. The van der Waals surface area contributed by atoms with Crippen LogP contribution in [-0.2, 0) is 33.2 Å². The summed E-state index contributed by atoms with van der Waals surface area (Å²) in [7, 11) is 3.37. The van der Waals surface area contributed by atoms with Crippen LogP contribution in [0.15, 0.2) is 29.4 Å². The van der Waals surface area contributed by atoms with Crippen LogP contribution in [0.4, 0.5) is 0 Å². The third-order valence-corrected chi connectivity index (χ3v) is 5.64. The number of rotatable bonds is 23. The summed E-state index contributed by atoms with van der Waals surface area (Å²) < 4.78 is 32.2. The number of nitrogens with zero attached hydrogens (tertiary/aromatic N) is 1. The molecule has 0 saturated carbocycles. The molecule has 0 unspecified atom stereocenters. The topological polar surface area (TPSA) is 106 Å². The van der Waals surface area contributed by atoms with E-state index in [-0.39, 0.29) is 13.0 Å². The molecule has 31 heavy (non-hydrogen) atoms. The number of aromatic nitrogens is 1. The number of aliphatic carboxylic acids is 1. The molecule has 0 spiro atoms. The van der Waals surface area contributed by atoms with Gasteiger partial charge in [0.1, 0.15) is 5.03 Å². The SMILES string of the molecule is O=C(O)CCOCCOCCOCCOCCOCCOCCSSc1ccccn1. The van der Waals surface area contributed by atoms with Crippen molar-refractivity contribution in [2.24, 2.45) is 0 Å². The predicted octanol–water partition coefficient (Wildman–Crippen LogP) is 2.40. The van der Waals surface area contributed by atoms with E-state index in [0.717, 1.165) is 10.8 Å². The van der Waals surface area contributed by atoms with Crippen molar-refractivity contribution in [3.63, 3.8) is 0 Å².